The molecule has 3 nitrogen and oxygen atoms in total. The van der Waals surface area contributed by atoms with E-state index in [9.17, 15) is 9.59 Å². The molecule has 1 aromatic carbocycles. The van der Waals surface area contributed by atoms with Crippen molar-refractivity contribution < 1.29 is 14.3 Å². The molecule has 0 N–H and O–H groups in total. The third kappa shape index (κ3) is 1.95. The van der Waals surface area contributed by atoms with Crippen molar-refractivity contribution in [3.05, 3.63) is 33.8 Å². The minimum atomic E-state index is -0.619. The number of hydrogen-bond donors (Lipinski definition) is 0. The number of fused-ring (bicyclic) bond motifs is 1. The molecule has 78 valence electrons. The number of ketones is 1. The van der Waals surface area contributed by atoms with Crippen molar-refractivity contribution in [2.24, 2.45) is 0 Å². The van der Waals surface area contributed by atoms with E-state index in [-0.39, 0.29) is 5.78 Å². The predicted molar refractivity (Wildman–Crippen MR) is 57.7 cm³/mol. The third-order valence-electron chi connectivity index (χ3n) is 2.40. The molecule has 1 unspecified atom stereocenters. The standard InChI is InChI=1S/C11H9BrO3/c1-6(13)10-4-7-2-3-8(12)5-9(7)11(14)15-10/h2-3,5,10H,4H2,1H3. The number of cyclic esters (lactones) is 1. The van der Waals surface area contributed by atoms with E-state index in [2.05, 4.69) is 15.9 Å². The van der Waals surface area contributed by atoms with Crippen LogP contribution in [0.5, 0.6) is 0 Å². The van der Waals surface area contributed by atoms with Crippen molar-refractivity contribution in [2.75, 3.05) is 0 Å². The van der Waals surface area contributed by atoms with E-state index in [1.54, 1.807) is 6.07 Å². The number of ether oxygens (including phenoxy) is 1. The van der Waals surface area contributed by atoms with Gasteiger partial charge in [0.2, 0.25) is 0 Å². The molecule has 1 aliphatic heterocycles. The fourth-order valence-corrected chi connectivity index (χ4v) is 1.94. The van der Waals surface area contributed by atoms with E-state index in [1.807, 2.05) is 12.1 Å². The van der Waals surface area contributed by atoms with Gasteiger partial charge in [0.25, 0.3) is 0 Å². The summed E-state index contributed by atoms with van der Waals surface area (Å²) < 4.78 is 5.85. The number of benzene rings is 1. The lowest BCUT2D eigenvalue weighted by Crippen LogP contribution is -2.32. The molecule has 0 aliphatic carbocycles. The fourth-order valence-electron chi connectivity index (χ4n) is 1.58. The molecule has 2 rings (SSSR count). The van der Waals surface area contributed by atoms with E-state index >= 15 is 0 Å². The lowest BCUT2D eigenvalue weighted by Gasteiger charge is -2.22. The van der Waals surface area contributed by atoms with Gasteiger partial charge in [0.05, 0.1) is 5.56 Å². The first kappa shape index (κ1) is 10.4. The van der Waals surface area contributed by atoms with Crippen LogP contribution in [0.4, 0.5) is 0 Å². The second kappa shape index (κ2) is 3.77. The number of carbonyl (C=O) groups excluding carboxylic acids is 2. The maximum Gasteiger partial charge on any atom is 0.339 e. The van der Waals surface area contributed by atoms with Gasteiger partial charge >= 0.3 is 5.97 Å². The van der Waals surface area contributed by atoms with Crippen molar-refractivity contribution in [2.45, 2.75) is 19.4 Å². The minimum Gasteiger partial charge on any atom is -0.450 e. The van der Waals surface area contributed by atoms with Crippen molar-refractivity contribution >= 4 is 27.7 Å². The monoisotopic (exact) mass is 268 g/mol. The predicted octanol–water partition coefficient (Wildman–Crippen LogP) is 2.12. The summed E-state index contributed by atoms with van der Waals surface area (Å²) in [5, 5.41) is 0. The van der Waals surface area contributed by atoms with Gasteiger partial charge in [0.15, 0.2) is 11.9 Å². The van der Waals surface area contributed by atoms with E-state index in [0.717, 1.165) is 10.0 Å². The Hall–Kier alpha value is -1.16. The Morgan fingerprint density at radius 1 is 1.53 bits per heavy atom. The molecule has 0 saturated carbocycles. The Bertz CT molecular complexity index is 439. The number of halogens is 1. The van der Waals surface area contributed by atoms with E-state index < -0.39 is 12.1 Å². The maximum absolute atomic E-state index is 11.6. The number of hydrogen-bond acceptors (Lipinski definition) is 3. The zero-order valence-corrected chi connectivity index (χ0v) is 9.71. The first-order chi connectivity index (χ1) is 7.08. The van der Waals surface area contributed by atoms with Gasteiger partial charge in [-0.05, 0) is 24.6 Å². The van der Waals surface area contributed by atoms with Gasteiger partial charge < -0.3 is 4.74 Å². The van der Waals surface area contributed by atoms with E-state index in [0.29, 0.717) is 12.0 Å². The Kier molecular flexibility index (Phi) is 2.61. The van der Waals surface area contributed by atoms with Crippen molar-refractivity contribution in [1.29, 1.82) is 0 Å². The molecule has 0 radical (unpaired) electrons. The third-order valence-corrected chi connectivity index (χ3v) is 2.89. The van der Waals surface area contributed by atoms with E-state index in [1.165, 1.54) is 6.92 Å². The van der Waals surface area contributed by atoms with Crippen LogP contribution in [0.1, 0.15) is 22.8 Å². The molecule has 0 spiro atoms. The molecular weight excluding hydrogens is 260 g/mol. The summed E-state index contributed by atoms with van der Waals surface area (Å²) in [4.78, 5) is 22.7. The Labute approximate surface area is 95.6 Å². The van der Waals surface area contributed by atoms with Gasteiger partial charge in [-0.15, -0.1) is 0 Å². The SMILES string of the molecule is CC(=O)C1Cc2ccc(Br)cc2C(=O)O1. The Balaban J connectivity index is 2.41. The van der Waals surface area contributed by atoms with Crippen LogP contribution in [-0.4, -0.2) is 17.9 Å². The summed E-state index contributed by atoms with van der Waals surface area (Å²) in [6.45, 7) is 1.43. The highest BCUT2D eigenvalue weighted by molar-refractivity contribution is 9.10. The van der Waals surface area contributed by atoms with Crippen LogP contribution in [-0.2, 0) is 16.0 Å². The highest BCUT2D eigenvalue weighted by Gasteiger charge is 2.28. The molecule has 0 aromatic heterocycles. The molecule has 4 heteroatoms. The average molecular weight is 269 g/mol. The van der Waals surface area contributed by atoms with E-state index in [4.69, 9.17) is 4.74 Å². The molecule has 0 amide bonds. The number of esters is 1. The van der Waals surface area contributed by atoms with Crippen molar-refractivity contribution in [3.8, 4) is 0 Å². The first-order valence-electron chi connectivity index (χ1n) is 4.58. The summed E-state index contributed by atoms with van der Waals surface area (Å²) in [7, 11) is 0. The minimum absolute atomic E-state index is 0.114. The first-order valence-corrected chi connectivity index (χ1v) is 5.37. The van der Waals surface area contributed by atoms with Crippen molar-refractivity contribution in [1.82, 2.24) is 0 Å². The lowest BCUT2D eigenvalue weighted by molar-refractivity contribution is -0.125. The normalized spacial score (nSPS) is 19.3. The van der Waals surface area contributed by atoms with Gasteiger partial charge in [-0.3, -0.25) is 4.79 Å². The molecule has 1 heterocycles. The van der Waals surface area contributed by atoms with Crippen LogP contribution in [0.15, 0.2) is 22.7 Å². The summed E-state index contributed by atoms with van der Waals surface area (Å²) in [5.74, 6) is -0.533. The number of Topliss-reactive ketones (excluding diaryl/α,β-unsaturated/α-hetero) is 1. The molecule has 15 heavy (non-hydrogen) atoms. The molecule has 0 saturated heterocycles. The van der Waals surface area contributed by atoms with Crippen LogP contribution in [0.25, 0.3) is 0 Å². The van der Waals surface area contributed by atoms with Gasteiger partial charge in [-0.2, -0.15) is 0 Å². The zero-order chi connectivity index (χ0) is 11.0. The summed E-state index contributed by atoms with van der Waals surface area (Å²) in [6.07, 6.45) is -0.143. The average Bonchev–Trinajstić information content (AvgIpc) is 2.18. The number of carbonyl (C=O) groups is 2. The molecule has 1 aliphatic rings. The Morgan fingerprint density at radius 3 is 2.93 bits per heavy atom. The van der Waals surface area contributed by atoms with Crippen molar-refractivity contribution in [3.63, 3.8) is 0 Å². The summed E-state index contributed by atoms with van der Waals surface area (Å²) >= 11 is 3.29. The largest absolute Gasteiger partial charge is 0.450 e. The second-order valence-corrected chi connectivity index (χ2v) is 4.43. The zero-order valence-electron chi connectivity index (χ0n) is 8.12. The molecule has 0 fully saturated rings. The molecular formula is C11H9BrO3. The van der Waals surface area contributed by atoms with Gasteiger partial charge in [0.1, 0.15) is 0 Å². The maximum atomic E-state index is 11.6. The topological polar surface area (TPSA) is 43.4 Å². The quantitative estimate of drug-likeness (QED) is 0.733. The van der Waals surface area contributed by atoms with Crippen LogP contribution >= 0.6 is 15.9 Å². The van der Waals surface area contributed by atoms with Gasteiger partial charge in [-0.1, -0.05) is 22.0 Å². The van der Waals surface area contributed by atoms with Gasteiger partial charge in [-0.25, -0.2) is 4.79 Å². The summed E-state index contributed by atoms with van der Waals surface area (Å²) in [5.41, 5.74) is 1.41. The van der Waals surface area contributed by atoms with Crippen LogP contribution in [0, 0.1) is 0 Å². The molecule has 1 aromatic rings. The van der Waals surface area contributed by atoms with Crippen LogP contribution in [0.2, 0.25) is 0 Å². The van der Waals surface area contributed by atoms with Crippen LogP contribution in [0.3, 0.4) is 0 Å². The van der Waals surface area contributed by atoms with Crippen LogP contribution < -0.4 is 0 Å². The summed E-state index contributed by atoms with van der Waals surface area (Å²) in [6, 6.07) is 5.42. The second-order valence-electron chi connectivity index (χ2n) is 3.51. The smallest absolute Gasteiger partial charge is 0.339 e. The fraction of sp³-hybridized carbons (Fsp3) is 0.273. The highest BCUT2D eigenvalue weighted by atomic mass is 79.9. The lowest BCUT2D eigenvalue weighted by atomic mass is 9.97. The number of rotatable bonds is 1. The molecule has 1 atom stereocenters. The van der Waals surface area contributed by atoms with Gasteiger partial charge in [0, 0.05) is 10.9 Å². The molecule has 0 bridgehead atoms. The Morgan fingerprint density at radius 2 is 2.27 bits per heavy atom. The highest BCUT2D eigenvalue weighted by Crippen LogP contribution is 2.24.